The minimum Gasteiger partial charge on any atom is -0.355 e. The second-order valence-corrected chi connectivity index (χ2v) is 5.68. The van der Waals surface area contributed by atoms with Crippen molar-refractivity contribution >= 4 is 32.9 Å². The van der Waals surface area contributed by atoms with Crippen LogP contribution in [0.25, 0.3) is 21.5 Å². The number of aryl methyl sites for hydroxylation is 1. The lowest BCUT2D eigenvalue weighted by Gasteiger charge is -2.13. The van der Waals surface area contributed by atoms with Crippen LogP contribution in [0, 0.1) is 6.92 Å². The van der Waals surface area contributed by atoms with E-state index in [1.165, 1.54) is 27.1 Å². The van der Waals surface area contributed by atoms with Gasteiger partial charge < -0.3 is 5.32 Å². The summed E-state index contributed by atoms with van der Waals surface area (Å²) >= 11 is 0. The van der Waals surface area contributed by atoms with Crippen LogP contribution in [0.1, 0.15) is 5.56 Å². The van der Waals surface area contributed by atoms with Gasteiger partial charge in [0.1, 0.15) is 0 Å². The van der Waals surface area contributed by atoms with Gasteiger partial charge in [0.25, 0.3) is 0 Å². The monoisotopic (exact) mass is 283 g/mol. The third-order valence-corrected chi connectivity index (χ3v) is 4.10. The van der Waals surface area contributed by atoms with Crippen molar-refractivity contribution in [2.24, 2.45) is 0 Å². The number of benzene rings is 4. The molecule has 0 unspecified atom stereocenters. The van der Waals surface area contributed by atoms with Crippen molar-refractivity contribution in [3.63, 3.8) is 0 Å². The van der Waals surface area contributed by atoms with Gasteiger partial charge in [0.05, 0.1) is 0 Å². The second kappa shape index (κ2) is 5.19. The van der Waals surface area contributed by atoms with E-state index in [9.17, 15) is 0 Å². The molecule has 0 aromatic heterocycles. The molecule has 0 amide bonds. The molecule has 0 saturated carbocycles. The molecule has 4 aromatic carbocycles. The zero-order valence-electron chi connectivity index (χ0n) is 12.5. The number of hydrogen-bond donors (Lipinski definition) is 1. The molecule has 1 N–H and O–H groups in total. The summed E-state index contributed by atoms with van der Waals surface area (Å²) in [6.07, 6.45) is 0. The Hall–Kier alpha value is -2.80. The molecule has 0 heterocycles. The third-order valence-electron chi connectivity index (χ3n) is 4.10. The highest BCUT2D eigenvalue weighted by molar-refractivity contribution is 6.13. The summed E-state index contributed by atoms with van der Waals surface area (Å²) in [5.41, 5.74) is 3.54. The Labute approximate surface area is 130 Å². The largest absolute Gasteiger partial charge is 0.355 e. The predicted octanol–water partition coefficient (Wildman–Crippen LogP) is 6.05. The predicted molar refractivity (Wildman–Crippen MR) is 95.9 cm³/mol. The third kappa shape index (κ3) is 2.21. The maximum Gasteiger partial charge on any atom is 0.0470 e. The molecular formula is C21H17N. The van der Waals surface area contributed by atoms with Gasteiger partial charge in [-0.1, -0.05) is 66.2 Å². The van der Waals surface area contributed by atoms with Gasteiger partial charge in [-0.15, -0.1) is 0 Å². The smallest absolute Gasteiger partial charge is 0.0470 e. The maximum atomic E-state index is 3.57. The van der Waals surface area contributed by atoms with E-state index in [0.29, 0.717) is 0 Å². The molecule has 0 saturated heterocycles. The van der Waals surface area contributed by atoms with Crippen molar-refractivity contribution in [2.45, 2.75) is 6.92 Å². The van der Waals surface area contributed by atoms with Crippen molar-refractivity contribution in [1.29, 1.82) is 0 Å². The summed E-state index contributed by atoms with van der Waals surface area (Å²) in [7, 11) is 0. The van der Waals surface area contributed by atoms with Crippen LogP contribution in [0.2, 0.25) is 0 Å². The van der Waals surface area contributed by atoms with Gasteiger partial charge in [-0.3, -0.25) is 0 Å². The van der Waals surface area contributed by atoms with Gasteiger partial charge in [0.2, 0.25) is 0 Å². The van der Waals surface area contributed by atoms with Crippen molar-refractivity contribution < 1.29 is 0 Å². The topological polar surface area (TPSA) is 12.0 Å². The summed E-state index contributed by atoms with van der Waals surface area (Å²) in [6, 6.07) is 27.9. The van der Waals surface area contributed by atoms with Crippen LogP contribution in [-0.2, 0) is 0 Å². The summed E-state index contributed by atoms with van der Waals surface area (Å²) in [4.78, 5) is 0. The van der Waals surface area contributed by atoms with Crippen LogP contribution in [0.5, 0.6) is 0 Å². The Bertz CT molecular complexity index is 952. The summed E-state index contributed by atoms with van der Waals surface area (Å²) < 4.78 is 0. The number of fused-ring (bicyclic) bond motifs is 3. The summed E-state index contributed by atoms with van der Waals surface area (Å²) in [5.74, 6) is 0. The number of anilines is 2. The minimum absolute atomic E-state index is 1.12. The summed E-state index contributed by atoms with van der Waals surface area (Å²) in [5, 5.41) is 8.66. The number of hydrogen-bond acceptors (Lipinski definition) is 1. The molecule has 0 aliphatic heterocycles. The second-order valence-electron chi connectivity index (χ2n) is 5.68. The van der Waals surface area contributed by atoms with Gasteiger partial charge in [-0.25, -0.2) is 0 Å². The number of rotatable bonds is 2. The Balaban J connectivity index is 1.93. The number of nitrogens with one attached hydrogen (secondary N) is 1. The van der Waals surface area contributed by atoms with Gasteiger partial charge in [0.15, 0.2) is 0 Å². The SMILES string of the molecule is Cc1ccc(Nc2cc3ccccc3c3ccccc23)cc1. The molecule has 0 fully saturated rings. The van der Waals surface area contributed by atoms with E-state index in [0.717, 1.165) is 11.4 Å². The van der Waals surface area contributed by atoms with Crippen LogP contribution in [0.4, 0.5) is 11.4 Å². The lowest BCUT2D eigenvalue weighted by molar-refractivity contribution is 1.46. The first kappa shape index (κ1) is 12.9. The lowest BCUT2D eigenvalue weighted by Crippen LogP contribution is -1.92. The van der Waals surface area contributed by atoms with E-state index in [4.69, 9.17) is 0 Å². The standard InChI is InChI=1S/C21H17N/c1-15-10-12-17(13-11-15)22-21-14-16-6-2-3-7-18(16)19-8-4-5-9-20(19)21/h2-14,22H,1H3. The highest BCUT2D eigenvalue weighted by Crippen LogP contribution is 2.33. The van der Waals surface area contributed by atoms with Gasteiger partial charge in [-0.05, 0) is 41.3 Å². The summed E-state index contributed by atoms with van der Waals surface area (Å²) in [6.45, 7) is 2.11. The fraction of sp³-hybridized carbons (Fsp3) is 0.0476. The first-order valence-corrected chi connectivity index (χ1v) is 7.55. The molecule has 4 rings (SSSR count). The highest BCUT2D eigenvalue weighted by Gasteiger charge is 2.06. The van der Waals surface area contributed by atoms with Crippen LogP contribution >= 0.6 is 0 Å². The van der Waals surface area contributed by atoms with Gasteiger partial charge in [-0.2, -0.15) is 0 Å². The molecule has 0 spiro atoms. The molecule has 106 valence electrons. The molecular weight excluding hydrogens is 266 g/mol. The lowest BCUT2D eigenvalue weighted by atomic mass is 10.00. The van der Waals surface area contributed by atoms with E-state index in [2.05, 4.69) is 91.1 Å². The van der Waals surface area contributed by atoms with Gasteiger partial charge >= 0.3 is 0 Å². The fourth-order valence-electron chi connectivity index (χ4n) is 2.95. The molecule has 1 heteroatoms. The molecule has 0 aliphatic rings. The highest BCUT2D eigenvalue weighted by atomic mass is 14.9. The van der Waals surface area contributed by atoms with E-state index in [-0.39, 0.29) is 0 Å². The average Bonchev–Trinajstić information content (AvgIpc) is 2.57. The quantitative estimate of drug-likeness (QED) is 0.442. The van der Waals surface area contributed by atoms with Crippen LogP contribution < -0.4 is 5.32 Å². The van der Waals surface area contributed by atoms with Gasteiger partial charge in [0, 0.05) is 16.8 Å². The average molecular weight is 283 g/mol. The molecule has 22 heavy (non-hydrogen) atoms. The van der Waals surface area contributed by atoms with E-state index in [1.54, 1.807) is 0 Å². The molecule has 4 aromatic rings. The van der Waals surface area contributed by atoms with Crippen LogP contribution in [0.3, 0.4) is 0 Å². The first-order valence-electron chi connectivity index (χ1n) is 7.55. The first-order chi connectivity index (χ1) is 10.8. The zero-order chi connectivity index (χ0) is 14.9. The van der Waals surface area contributed by atoms with E-state index >= 15 is 0 Å². The Morgan fingerprint density at radius 1 is 0.636 bits per heavy atom. The fourth-order valence-corrected chi connectivity index (χ4v) is 2.95. The van der Waals surface area contributed by atoms with Crippen molar-refractivity contribution in [3.05, 3.63) is 84.4 Å². The van der Waals surface area contributed by atoms with Crippen molar-refractivity contribution in [3.8, 4) is 0 Å². The maximum absolute atomic E-state index is 3.57. The molecule has 0 atom stereocenters. The van der Waals surface area contributed by atoms with Crippen LogP contribution in [0.15, 0.2) is 78.9 Å². The van der Waals surface area contributed by atoms with E-state index < -0.39 is 0 Å². The Kier molecular flexibility index (Phi) is 3.05. The van der Waals surface area contributed by atoms with Crippen molar-refractivity contribution in [2.75, 3.05) is 5.32 Å². The molecule has 0 bridgehead atoms. The molecule has 0 radical (unpaired) electrons. The normalized spacial score (nSPS) is 11.0. The zero-order valence-corrected chi connectivity index (χ0v) is 12.5. The van der Waals surface area contributed by atoms with E-state index in [1.807, 2.05) is 0 Å². The van der Waals surface area contributed by atoms with Crippen molar-refractivity contribution in [1.82, 2.24) is 0 Å². The Morgan fingerprint density at radius 2 is 1.27 bits per heavy atom. The Morgan fingerprint density at radius 3 is 2.05 bits per heavy atom. The minimum atomic E-state index is 1.12. The molecule has 0 aliphatic carbocycles. The van der Waals surface area contributed by atoms with Crippen LogP contribution in [-0.4, -0.2) is 0 Å². The molecule has 1 nitrogen and oxygen atoms in total.